The number of hydrogen-bond donors (Lipinski definition) is 3. The van der Waals surface area contributed by atoms with Gasteiger partial charge in [0.15, 0.2) is 0 Å². The molecule has 0 saturated carbocycles. The highest BCUT2D eigenvalue weighted by molar-refractivity contribution is 7.98. The van der Waals surface area contributed by atoms with Crippen molar-refractivity contribution in [1.29, 1.82) is 0 Å². The van der Waals surface area contributed by atoms with Gasteiger partial charge in [-0.25, -0.2) is 4.79 Å². The smallest absolute Gasteiger partial charge is 0.326 e. The van der Waals surface area contributed by atoms with Gasteiger partial charge in [-0.2, -0.15) is 24.4 Å². The number of carboxylic acid groups (broad SMARTS) is 1. The van der Waals surface area contributed by atoms with Crippen molar-refractivity contribution >= 4 is 36.3 Å². The zero-order chi connectivity index (χ0) is 11.1. The zero-order valence-corrected chi connectivity index (χ0v) is 9.90. The van der Waals surface area contributed by atoms with E-state index in [9.17, 15) is 9.59 Å². The van der Waals surface area contributed by atoms with Gasteiger partial charge in [-0.1, -0.05) is 0 Å². The second kappa shape index (κ2) is 7.00. The molecule has 4 nitrogen and oxygen atoms in total. The van der Waals surface area contributed by atoms with Crippen molar-refractivity contribution in [1.82, 2.24) is 5.32 Å². The van der Waals surface area contributed by atoms with Crippen LogP contribution in [0.25, 0.3) is 0 Å². The fourth-order valence-electron chi connectivity index (χ4n) is 0.785. The zero-order valence-electron chi connectivity index (χ0n) is 8.19. The normalized spacial score (nSPS) is 14.5. The van der Waals surface area contributed by atoms with Crippen LogP contribution in [0.15, 0.2) is 0 Å². The summed E-state index contributed by atoms with van der Waals surface area (Å²) in [7, 11) is 0. The molecule has 0 rings (SSSR count). The summed E-state index contributed by atoms with van der Waals surface area (Å²) < 4.78 is 0. The Bertz CT molecular complexity index is 209. The van der Waals surface area contributed by atoms with Crippen LogP contribution < -0.4 is 5.32 Å². The van der Waals surface area contributed by atoms with Crippen LogP contribution in [0.3, 0.4) is 0 Å². The SMILES string of the molecule is CSCCC(NC(=O)C(C)S)C(=O)O. The van der Waals surface area contributed by atoms with E-state index in [2.05, 4.69) is 17.9 Å². The van der Waals surface area contributed by atoms with Gasteiger partial charge in [-0.15, -0.1) is 0 Å². The third-order valence-corrected chi connectivity index (χ3v) is 2.48. The highest BCUT2D eigenvalue weighted by atomic mass is 32.2. The molecule has 0 saturated heterocycles. The van der Waals surface area contributed by atoms with E-state index in [-0.39, 0.29) is 5.91 Å². The van der Waals surface area contributed by atoms with Crippen molar-refractivity contribution in [3.05, 3.63) is 0 Å². The summed E-state index contributed by atoms with van der Waals surface area (Å²) in [5, 5.41) is 10.7. The Morgan fingerprint density at radius 1 is 1.57 bits per heavy atom. The second-order valence-electron chi connectivity index (χ2n) is 2.86. The van der Waals surface area contributed by atoms with Crippen LogP contribution in [-0.2, 0) is 9.59 Å². The summed E-state index contributed by atoms with van der Waals surface area (Å²) in [6.07, 6.45) is 2.32. The number of carbonyl (C=O) groups excluding carboxylic acids is 1. The van der Waals surface area contributed by atoms with E-state index in [1.54, 1.807) is 18.7 Å². The molecule has 1 amide bonds. The van der Waals surface area contributed by atoms with Gasteiger partial charge in [0, 0.05) is 0 Å². The summed E-state index contributed by atoms with van der Waals surface area (Å²) in [6, 6.07) is -0.801. The summed E-state index contributed by atoms with van der Waals surface area (Å²) >= 11 is 5.47. The number of carboxylic acids is 1. The number of hydrogen-bond acceptors (Lipinski definition) is 4. The number of carbonyl (C=O) groups is 2. The van der Waals surface area contributed by atoms with Crippen molar-refractivity contribution in [3.8, 4) is 0 Å². The number of rotatable bonds is 6. The van der Waals surface area contributed by atoms with E-state index < -0.39 is 17.3 Å². The molecule has 6 heteroatoms. The summed E-state index contributed by atoms with van der Waals surface area (Å²) in [6.45, 7) is 1.60. The fraction of sp³-hybridized carbons (Fsp3) is 0.750. The number of nitrogens with one attached hydrogen (secondary N) is 1. The molecule has 0 aromatic rings. The lowest BCUT2D eigenvalue weighted by Crippen LogP contribution is -2.43. The van der Waals surface area contributed by atoms with Crippen molar-refractivity contribution in [2.75, 3.05) is 12.0 Å². The Balaban J connectivity index is 4.09. The lowest BCUT2D eigenvalue weighted by molar-refractivity contribution is -0.141. The van der Waals surface area contributed by atoms with Gasteiger partial charge in [0.1, 0.15) is 6.04 Å². The van der Waals surface area contributed by atoms with E-state index in [4.69, 9.17) is 5.11 Å². The molecule has 0 aliphatic rings. The summed E-state index contributed by atoms with van der Waals surface area (Å²) in [5.74, 6) is -0.638. The average molecular weight is 237 g/mol. The summed E-state index contributed by atoms with van der Waals surface area (Å²) in [5.41, 5.74) is 0. The summed E-state index contributed by atoms with van der Waals surface area (Å²) in [4.78, 5) is 21.9. The molecule has 0 aliphatic carbocycles. The van der Waals surface area contributed by atoms with Gasteiger partial charge in [-0.3, -0.25) is 4.79 Å². The van der Waals surface area contributed by atoms with Crippen LogP contribution in [0, 0.1) is 0 Å². The maximum atomic E-state index is 11.2. The predicted octanol–water partition coefficient (Wildman–Crippen LogP) is 0.627. The molecule has 0 aliphatic heterocycles. The molecule has 0 aromatic heterocycles. The van der Waals surface area contributed by atoms with Crippen LogP contribution >= 0.6 is 24.4 Å². The minimum absolute atomic E-state index is 0.346. The van der Waals surface area contributed by atoms with Gasteiger partial charge in [0.05, 0.1) is 5.25 Å². The number of aliphatic carboxylic acids is 1. The largest absolute Gasteiger partial charge is 0.480 e. The molecule has 82 valence electrons. The molecule has 0 bridgehead atoms. The predicted molar refractivity (Wildman–Crippen MR) is 61.0 cm³/mol. The molecule has 14 heavy (non-hydrogen) atoms. The van der Waals surface area contributed by atoms with Crippen molar-refractivity contribution in [3.63, 3.8) is 0 Å². The minimum Gasteiger partial charge on any atom is -0.480 e. The average Bonchev–Trinajstić information content (AvgIpc) is 2.10. The standard InChI is InChI=1S/C8H15NO3S2/c1-5(13)7(10)9-6(8(11)12)3-4-14-2/h5-6,13H,3-4H2,1-2H3,(H,9,10)(H,11,12). The highest BCUT2D eigenvalue weighted by Gasteiger charge is 2.20. The topological polar surface area (TPSA) is 66.4 Å². The maximum absolute atomic E-state index is 11.2. The molecular weight excluding hydrogens is 222 g/mol. The Morgan fingerprint density at radius 2 is 2.14 bits per heavy atom. The first-order valence-corrected chi connectivity index (χ1v) is 6.10. The molecule has 0 heterocycles. The third kappa shape index (κ3) is 5.39. The van der Waals surface area contributed by atoms with E-state index in [1.165, 1.54) is 0 Å². The van der Waals surface area contributed by atoms with Crippen LogP contribution in [0.1, 0.15) is 13.3 Å². The van der Waals surface area contributed by atoms with Gasteiger partial charge in [-0.05, 0) is 25.4 Å². The second-order valence-corrected chi connectivity index (χ2v) is 4.62. The molecule has 2 atom stereocenters. The Labute approximate surface area is 93.2 Å². The molecule has 2 N–H and O–H groups in total. The highest BCUT2D eigenvalue weighted by Crippen LogP contribution is 2.02. The van der Waals surface area contributed by atoms with Crippen molar-refractivity contribution in [2.45, 2.75) is 24.6 Å². The van der Waals surface area contributed by atoms with Gasteiger partial charge < -0.3 is 10.4 Å². The van der Waals surface area contributed by atoms with E-state index in [1.807, 2.05) is 6.26 Å². The van der Waals surface area contributed by atoms with Crippen LogP contribution in [0.4, 0.5) is 0 Å². The minimum atomic E-state index is -0.999. The van der Waals surface area contributed by atoms with Gasteiger partial charge in [0.25, 0.3) is 0 Å². The Morgan fingerprint density at radius 3 is 2.50 bits per heavy atom. The van der Waals surface area contributed by atoms with Crippen molar-refractivity contribution in [2.24, 2.45) is 0 Å². The third-order valence-electron chi connectivity index (χ3n) is 1.60. The molecule has 0 fully saturated rings. The van der Waals surface area contributed by atoms with Crippen LogP contribution in [-0.4, -0.2) is 40.3 Å². The van der Waals surface area contributed by atoms with E-state index >= 15 is 0 Å². The Kier molecular flexibility index (Phi) is 6.82. The quantitative estimate of drug-likeness (QED) is 0.593. The maximum Gasteiger partial charge on any atom is 0.326 e. The molecule has 0 spiro atoms. The molecule has 0 aromatic carbocycles. The van der Waals surface area contributed by atoms with Crippen molar-refractivity contribution < 1.29 is 14.7 Å². The first-order chi connectivity index (χ1) is 6.49. The monoisotopic (exact) mass is 237 g/mol. The first-order valence-electron chi connectivity index (χ1n) is 4.19. The lowest BCUT2D eigenvalue weighted by atomic mass is 10.2. The molecule has 0 radical (unpaired) electrons. The molecular formula is C8H15NO3S2. The first kappa shape index (κ1) is 13.6. The fourth-order valence-corrected chi connectivity index (χ4v) is 1.33. The Hall–Kier alpha value is -0.360. The molecule has 2 unspecified atom stereocenters. The van der Waals surface area contributed by atoms with Crippen LogP contribution in [0.5, 0.6) is 0 Å². The van der Waals surface area contributed by atoms with E-state index in [0.717, 1.165) is 0 Å². The number of amides is 1. The van der Waals surface area contributed by atoms with Crippen LogP contribution in [0.2, 0.25) is 0 Å². The van der Waals surface area contributed by atoms with Gasteiger partial charge in [0.2, 0.25) is 5.91 Å². The number of thiol groups is 1. The lowest BCUT2D eigenvalue weighted by Gasteiger charge is -2.14. The van der Waals surface area contributed by atoms with Gasteiger partial charge >= 0.3 is 5.97 Å². The van der Waals surface area contributed by atoms with E-state index in [0.29, 0.717) is 12.2 Å². The number of thioether (sulfide) groups is 1.